The Balaban J connectivity index is 1.77. The summed E-state index contributed by atoms with van der Waals surface area (Å²) in [6.07, 6.45) is 1.26. The fraction of sp³-hybridized carbons (Fsp3) is 0.312. The van der Waals surface area contributed by atoms with Gasteiger partial charge in [-0.25, -0.2) is 0 Å². The van der Waals surface area contributed by atoms with Gasteiger partial charge in [0.05, 0.1) is 5.92 Å². The number of benzene rings is 1. The Morgan fingerprint density at radius 3 is 2.91 bits per heavy atom. The van der Waals surface area contributed by atoms with Crippen LogP contribution in [0, 0.1) is 5.92 Å². The molecule has 0 spiro atoms. The van der Waals surface area contributed by atoms with Crippen molar-refractivity contribution in [2.24, 2.45) is 5.92 Å². The van der Waals surface area contributed by atoms with Gasteiger partial charge in [-0.2, -0.15) is 0 Å². The van der Waals surface area contributed by atoms with Crippen LogP contribution in [0.3, 0.4) is 0 Å². The van der Waals surface area contributed by atoms with Gasteiger partial charge in [-0.1, -0.05) is 28.9 Å². The van der Waals surface area contributed by atoms with Crippen molar-refractivity contribution in [3.05, 3.63) is 41.0 Å². The molecule has 7 heteroatoms. The van der Waals surface area contributed by atoms with E-state index in [1.807, 2.05) is 6.07 Å². The molecule has 0 unspecified atom stereocenters. The van der Waals surface area contributed by atoms with Crippen LogP contribution in [-0.2, 0) is 4.79 Å². The standard InChI is InChI=1S/C16H15ClN2O4/c17-12-5-1-3-10(7-12)14-8-13(18-23-14)15(20)19-6-2-4-11(9-19)16(21)22/h1,3,5,7-8,11H,2,4,6,9H2,(H,21,22)/t11-/m0/s1. The summed E-state index contributed by atoms with van der Waals surface area (Å²) in [7, 11) is 0. The van der Waals surface area contributed by atoms with Gasteiger partial charge in [-0.05, 0) is 25.0 Å². The van der Waals surface area contributed by atoms with Gasteiger partial charge in [-0.3, -0.25) is 9.59 Å². The summed E-state index contributed by atoms with van der Waals surface area (Å²) in [5, 5.41) is 13.5. The first-order valence-corrected chi connectivity index (χ1v) is 7.67. The van der Waals surface area contributed by atoms with E-state index in [0.29, 0.717) is 30.2 Å². The number of hydrogen-bond acceptors (Lipinski definition) is 4. The molecule has 0 bridgehead atoms. The Morgan fingerprint density at radius 2 is 2.17 bits per heavy atom. The predicted octanol–water partition coefficient (Wildman–Crippen LogP) is 2.93. The van der Waals surface area contributed by atoms with Crippen LogP contribution in [0.4, 0.5) is 0 Å². The normalized spacial score (nSPS) is 18.0. The fourth-order valence-electron chi connectivity index (χ4n) is 2.68. The van der Waals surface area contributed by atoms with E-state index in [-0.39, 0.29) is 18.1 Å². The van der Waals surface area contributed by atoms with E-state index in [1.54, 1.807) is 24.3 Å². The second-order valence-electron chi connectivity index (χ2n) is 5.52. The molecule has 0 radical (unpaired) electrons. The van der Waals surface area contributed by atoms with Crippen molar-refractivity contribution >= 4 is 23.5 Å². The number of carbonyl (C=O) groups excluding carboxylic acids is 1. The second kappa shape index (κ2) is 6.42. The summed E-state index contributed by atoms with van der Waals surface area (Å²) in [4.78, 5) is 25.1. The third-order valence-electron chi connectivity index (χ3n) is 3.90. The summed E-state index contributed by atoms with van der Waals surface area (Å²) < 4.78 is 5.22. The fourth-order valence-corrected chi connectivity index (χ4v) is 2.87. The molecule has 1 aromatic carbocycles. The first-order chi connectivity index (χ1) is 11.0. The van der Waals surface area contributed by atoms with Crippen LogP contribution in [-0.4, -0.2) is 40.1 Å². The van der Waals surface area contributed by atoms with E-state index in [9.17, 15) is 9.59 Å². The lowest BCUT2D eigenvalue weighted by molar-refractivity contribution is -0.143. The number of rotatable bonds is 3. The largest absolute Gasteiger partial charge is 0.481 e. The maximum Gasteiger partial charge on any atom is 0.308 e. The number of carboxylic acids is 1. The molecule has 6 nitrogen and oxygen atoms in total. The molecule has 1 aliphatic heterocycles. The predicted molar refractivity (Wildman–Crippen MR) is 83.2 cm³/mol. The maximum absolute atomic E-state index is 12.5. The third kappa shape index (κ3) is 3.37. The van der Waals surface area contributed by atoms with Crippen molar-refractivity contribution in [3.63, 3.8) is 0 Å². The van der Waals surface area contributed by atoms with Crippen molar-refractivity contribution in [2.45, 2.75) is 12.8 Å². The number of carbonyl (C=O) groups is 2. The highest BCUT2D eigenvalue weighted by molar-refractivity contribution is 6.30. The Labute approximate surface area is 137 Å². The highest BCUT2D eigenvalue weighted by Gasteiger charge is 2.30. The van der Waals surface area contributed by atoms with E-state index in [4.69, 9.17) is 21.2 Å². The van der Waals surface area contributed by atoms with Gasteiger partial charge in [0.15, 0.2) is 11.5 Å². The van der Waals surface area contributed by atoms with Crippen LogP contribution in [0.2, 0.25) is 5.02 Å². The van der Waals surface area contributed by atoms with Crippen LogP contribution >= 0.6 is 11.6 Å². The van der Waals surface area contributed by atoms with Gasteiger partial charge in [0.25, 0.3) is 5.91 Å². The lowest BCUT2D eigenvalue weighted by Gasteiger charge is -2.29. The Kier molecular flexibility index (Phi) is 4.34. The highest BCUT2D eigenvalue weighted by Crippen LogP contribution is 2.25. The van der Waals surface area contributed by atoms with Gasteiger partial charge in [0.2, 0.25) is 0 Å². The van der Waals surface area contributed by atoms with Crippen LogP contribution in [0.25, 0.3) is 11.3 Å². The van der Waals surface area contributed by atoms with Crippen molar-refractivity contribution < 1.29 is 19.2 Å². The average Bonchev–Trinajstić information content (AvgIpc) is 3.04. The second-order valence-corrected chi connectivity index (χ2v) is 5.95. The smallest absolute Gasteiger partial charge is 0.308 e. The molecule has 1 aromatic heterocycles. The Morgan fingerprint density at radius 1 is 1.35 bits per heavy atom. The molecule has 0 saturated carbocycles. The van der Waals surface area contributed by atoms with Crippen molar-refractivity contribution in [1.29, 1.82) is 0 Å². The average molecular weight is 335 g/mol. The number of likely N-dealkylation sites (tertiary alicyclic amines) is 1. The summed E-state index contributed by atoms with van der Waals surface area (Å²) >= 11 is 5.94. The van der Waals surface area contributed by atoms with Gasteiger partial charge in [-0.15, -0.1) is 0 Å². The Bertz CT molecular complexity index is 743. The van der Waals surface area contributed by atoms with Gasteiger partial charge < -0.3 is 14.5 Å². The molecule has 0 aliphatic carbocycles. The molecule has 120 valence electrons. The highest BCUT2D eigenvalue weighted by atomic mass is 35.5. The van der Waals surface area contributed by atoms with Crippen LogP contribution < -0.4 is 0 Å². The molecule has 1 aliphatic rings. The molecular weight excluding hydrogens is 320 g/mol. The molecule has 1 N–H and O–H groups in total. The van der Waals surface area contributed by atoms with E-state index in [0.717, 1.165) is 5.56 Å². The number of carboxylic acid groups (broad SMARTS) is 1. The number of aromatic nitrogens is 1. The van der Waals surface area contributed by atoms with Crippen LogP contribution in [0.1, 0.15) is 23.3 Å². The van der Waals surface area contributed by atoms with E-state index in [1.165, 1.54) is 4.90 Å². The summed E-state index contributed by atoms with van der Waals surface area (Å²) in [6, 6.07) is 8.61. The molecule has 1 fully saturated rings. The van der Waals surface area contributed by atoms with E-state index >= 15 is 0 Å². The number of aliphatic carboxylic acids is 1. The minimum absolute atomic E-state index is 0.172. The van der Waals surface area contributed by atoms with Crippen molar-refractivity contribution in [3.8, 4) is 11.3 Å². The lowest BCUT2D eigenvalue weighted by atomic mass is 9.98. The molecule has 23 heavy (non-hydrogen) atoms. The minimum Gasteiger partial charge on any atom is -0.481 e. The zero-order valence-electron chi connectivity index (χ0n) is 12.2. The number of halogens is 1. The van der Waals surface area contributed by atoms with Crippen molar-refractivity contribution in [2.75, 3.05) is 13.1 Å². The molecule has 1 saturated heterocycles. The molecule has 2 heterocycles. The first kappa shape index (κ1) is 15.6. The van der Waals surface area contributed by atoms with E-state index < -0.39 is 11.9 Å². The van der Waals surface area contributed by atoms with E-state index in [2.05, 4.69) is 5.16 Å². The zero-order chi connectivity index (χ0) is 16.4. The number of piperidine rings is 1. The third-order valence-corrected chi connectivity index (χ3v) is 4.13. The maximum atomic E-state index is 12.5. The molecule has 3 rings (SSSR count). The minimum atomic E-state index is -0.873. The number of amides is 1. The summed E-state index contributed by atoms with van der Waals surface area (Å²) in [5.41, 5.74) is 0.900. The first-order valence-electron chi connectivity index (χ1n) is 7.29. The van der Waals surface area contributed by atoms with Gasteiger partial charge >= 0.3 is 5.97 Å². The number of nitrogens with zero attached hydrogens (tertiary/aromatic N) is 2. The summed E-state index contributed by atoms with van der Waals surface area (Å²) in [5.74, 6) is -1.26. The SMILES string of the molecule is O=C(O)[C@H]1CCCN(C(=O)c2cc(-c3cccc(Cl)c3)on2)C1. The van der Waals surface area contributed by atoms with Gasteiger partial charge in [0, 0.05) is 29.7 Å². The molecule has 2 aromatic rings. The Hall–Kier alpha value is -2.34. The van der Waals surface area contributed by atoms with Crippen LogP contribution in [0.15, 0.2) is 34.9 Å². The lowest BCUT2D eigenvalue weighted by Crippen LogP contribution is -2.42. The zero-order valence-corrected chi connectivity index (χ0v) is 13.0. The molecular formula is C16H15ClN2O4. The monoisotopic (exact) mass is 334 g/mol. The van der Waals surface area contributed by atoms with Gasteiger partial charge in [0.1, 0.15) is 0 Å². The topological polar surface area (TPSA) is 83.6 Å². The number of hydrogen-bond donors (Lipinski definition) is 1. The van der Waals surface area contributed by atoms with Crippen molar-refractivity contribution in [1.82, 2.24) is 10.1 Å². The quantitative estimate of drug-likeness (QED) is 0.933. The molecule has 1 atom stereocenters. The summed E-state index contributed by atoms with van der Waals surface area (Å²) in [6.45, 7) is 0.732. The molecule has 1 amide bonds. The van der Waals surface area contributed by atoms with Crippen LogP contribution in [0.5, 0.6) is 0 Å².